The van der Waals surface area contributed by atoms with Gasteiger partial charge >= 0.3 is 0 Å². The third kappa shape index (κ3) is 2.67. The molecule has 6 heteroatoms. The third-order valence-corrected chi connectivity index (χ3v) is 4.91. The van der Waals surface area contributed by atoms with E-state index >= 15 is 0 Å². The number of amides is 1. The van der Waals surface area contributed by atoms with E-state index < -0.39 is 0 Å². The van der Waals surface area contributed by atoms with E-state index in [0.717, 1.165) is 9.75 Å². The molecule has 1 fully saturated rings. The molecule has 100 valence electrons. The van der Waals surface area contributed by atoms with Gasteiger partial charge in [-0.3, -0.25) is 4.79 Å². The van der Waals surface area contributed by atoms with Gasteiger partial charge in [0.25, 0.3) is 5.91 Å². The third-order valence-electron chi connectivity index (χ3n) is 2.68. The molecule has 0 saturated carbocycles. The van der Waals surface area contributed by atoms with Crippen molar-refractivity contribution in [2.75, 3.05) is 0 Å². The summed E-state index contributed by atoms with van der Waals surface area (Å²) in [5.74, 6) is -0.427. The maximum Gasteiger partial charge on any atom is 0.263 e. The molecule has 20 heavy (non-hydrogen) atoms. The van der Waals surface area contributed by atoms with Crippen molar-refractivity contribution >= 4 is 51.6 Å². The van der Waals surface area contributed by atoms with Crippen LogP contribution in [0, 0.1) is 5.82 Å². The van der Waals surface area contributed by atoms with Gasteiger partial charge in [-0.25, -0.2) is 4.39 Å². The molecule has 1 N–H and O–H groups in total. The van der Waals surface area contributed by atoms with Crippen molar-refractivity contribution in [3.63, 3.8) is 0 Å². The lowest BCUT2D eigenvalue weighted by atomic mass is 10.2. The number of hydrogen-bond donors (Lipinski definition) is 1. The van der Waals surface area contributed by atoms with Gasteiger partial charge in [0.05, 0.1) is 4.91 Å². The Kier molecular flexibility index (Phi) is 3.69. The molecule has 0 atom stereocenters. The Hall–Kier alpha value is -1.50. The minimum Gasteiger partial charge on any atom is -0.307 e. The zero-order valence-corrected chi connectivity index (χ0v) is 12.5. The maximum atomic E-state index is 13.7. The molecule has 1 aromatic carbocycles. The highest BCUT2D eigenvalue weighted by Gasteiger charge is 2.22. The summed E-state index contributed by atoms with van der Waals surface area (Å²) in [5.41, 5.74) is 0.571. The van der Waals surface area contributed by atoms with E-state index in [1.165, 1.54) is 29.2 Å². The van der Waals surface area contributed by atoms with E-state index in [-0.39, 0.29) is 11.7 Å². The lowest BCUT2D eigenvalue weighted by Gasteiger charge is -1.97. The highest BCUT2D eigenvalue weighted by molar-refractivity contribution is 8.26. The molecule has 1 aromatic heterocycles. The highest BCUT2D eigenvalue weighted by Crippen LogP contribution is 2.33. The molecule has 1 aliphatic heterocycles. The van der Waals surface area contributed by atoms with E-state index in [4.69, 9.17) is 12.2 Å². The van der Waals surface area contributed by atoms with Crippen LogP contribution >= 0.6 is 35.3 Å². The number of thiophene rings is 1. The van der Waals surface area contributed by atoms with Crippen LogP contribution in [0.15, 0.2) is 41.3 Å². The molecule has 2 nitrogen and oxygen atoms in total. The van der Waals surface area contributed by atoms with Crippen LogP contribution in [-0.2, 0) is 4.79 Å². The van der Waals surface area contributed by atoms with Crippen LogP contribution in [-0.4, -0.2) is 10.2 Å². The largest absolute Gasteiger partial charge is 0.307 e. The first-order chi connectivity index (χ1) is 9.63. The van der Waals surface area contributed by atoms with Crippen LogP contribution in [0.5, 0.6) is 0 Å². The van der Waals surface area contributed by atoms with Gasteiger partial charge in [0.1, 0.15) is 10.1 Å². The first-order valence-corrected chi connectivity index (χ1v) is 7.77. The van der Waals surface area contributed by atoms with E-state index in [1.807, 2.05) is 12.1 Å². The minimum absolute atomic E-state index is 0.180. The number of carbonyl (C=O) groups is 1. The molecule has 1 amide bonds. The number of halogens is 1. The Morgan fingerprint density at radius 3 is 2.70 bits per heavy atom. The van der Waals surface area contributed by atoms with Gasteiger partial charge in [0.15, 0.2) is 0 Å². The minimum atomic E-state index is -0.247. The van der Waals surface area contributed by atoms with Crippen molar-refractivity contribution < 1.29 is 9.18 Å². The summed E-state index contributed by atoms with van der Waals surface area (Å²) in [6.45, 7) is 0. The van der Waals surface area contributed by atoms with E-state index in [9.17, 15) is 9.18 Å². The van der Waals surface area contributed by atoms with Gasteiger partial charge < -0.3 is 5.32 Å². The molecule has 0 unspecified atom stereocenters. The predicted octanol–water partition coefficient (Wildman–Crippen LogP) is 4.04. The normalized spacial score (nSPS) is 16.8. The van der Waals surface area contributed by atoms with Gasteiger partial charge in [0.2, 0.25) is 0 Å². The Labute approximate surface area is 128 Å². The first-order valence-electron chi connectivity index (χ1n) is 5.73. The molecule has 0 radical (unpaired) electrons. The van der Waals surface area contributed by atoms with E-state index in [0.29, 0.717) is 14.8 Å². The van der Waals surface area contributed by atoms with Crippen LogP contribution in [0.3, 0.4) is 0 Å². The van der Waals surface area contributed by atoms with Crippen molar-refractivity contribution in [3.05, 3.63) is 52.0 Å². The molecule has 0 bridgehead atoms. The number of thioether (sulfide) groups is 1. The summed E-state index contributed by atoms with van der Waals surface area (Å²) < 4.78 is 14.2. The Morgan fingerprint density at radius 2 is 2.00 bits per heavy atom. The van der Waals surface area contributed by atoms with Crippen molar-refractivity contribution in [2.24, 2.45) is 0 Å². The van der Waals surface area contributed by atoms with Gasteiger partial charge in [-0.1, -0.05) is 42.2 Å². The number of carbonyl (C=O) groups excluding carboxylic acids is 1. The number of benzene rings is 1. The van der Waals surface area contributed by atoms with E-state index in [2.05, 4.69) is 5.32 Å². The fraction of sp³-hybridized carbons (Fsp3) is 0. The van der Waals surface area contributed by atoms with Gasteiger partial charge in [-0.15, -0.1) is 11.3 Å². The van der Waals surface area contributed by atoms with Crippen molar-refractivity contribution in [3.8, 4) is 10.4 Å². The second-order valence-electron chi connectivity index (χ2n) is 4.03. The van der Waals surface area contributed by atoms with Crippen LogP contribution in [0.1, 0.15) is 4.88 Å². The monoisotopic (exact) mass is 321 g/mol. The number of nitrogens with one attached hydrogen (secondary N) is 1. The summed E-state index contributed by atoms with van der Waals surface area (Å²) in [6, 6.07) is 10.4. The highest BCUT2D eigenvalue weighted by atomic mass is 32.2. The van der Waals surface area contributed by atoms with E-state index in [1.54, 1.807) is 24.3 Å². The van der Waals surface area contributed by atoms with Gasteiger partial charge in [0, 0.05) is 15.3 Å². The SMILES string of the molecule is O=C1NC(=S)S/C1=C\c1ccc(-c2ccccc2F)s1. The van der Waals surface area contributed by atoms with Crippen molar-refractivity contribution in [2.45, 2.75) is 0 Å². The second kappa shape index (κ2) is 5.47. The molecule has 0 spiro atoms. The quantitative estimate of drug-likeness (QED) is 0.668. The lowest BCUT2D eigenvalue weighted by molar-refractivity contribution is -0.115. The Morgan fingerprint density at radius 1 is 1.20 bits per heavy atom. The zero-order chi connectivity index (χ0) is 14.1. The molecule has 1 saturated heterocycles. The molecule has 3 rings (SSSR count). The predicted molar refractivity (Wildman–Crippen MR) is 86.0 cm³/mol. The summed E-state index contributed by atoms with van der Waals surface area (Å²) in [6.07, 6.45) is 1.77. The number of rotatable bonds is 2. The lowest BCUT2D eigenvalue weighted by Crippen LogP contribution is -2.17. The zero-order valence-electron chi connectivity index (χ0n) is 10.1. The van der Waals surface area contributed by atoms with Crippen LogP contribution in [0.2, 0.25) is 0 Å². The number of hydrogen-bond acceptors (Lipinski definition) is 4. The molecular formula is C14H8FNOS3. The molecule has 2 aromatic rings. The fourth-order valence-electron chi connectivity index (χ4n) is 1.79. The summed E-state index contributed by atoms with van der Waals surface area (Å²) >= 11 is 7.61. The molecule has 1 aliphatic rings. The first kappa shape index (κ1) is 13.5. The summed E-state index contributed by atoms with van der Waals surface area (Å²) in [7, 11) is 0. The molecule has 0 aliphatic carbocycles. The Balaban J connectivity index is 1.92. The fourth-order valence-corrected chi connectivity index (χ4v) is 3.87. The topological polar surface area (TPSA) is 29.1 Å². The number of thiocarbonyl (C=S) groups is 1. The summed E-state index contributed by atoms with van der Waals surface area (Å²) in [5, 5.41) is 2.57. The van der Waals surface area contributed by atoms with Gasteiger partial charge in [-0.2, -0.15) is 0 Å². The average molecular weight is 321 g/mol. The second-order valence-corrected chi connectivity index (χ2v) is 6.87. The maximum absolute atomic E-state index is 13.7. The van der Waals surface area contributed by atoms with Crippen LogP contribution in [0.25, 0.3) is 16.5 Å². The molecule has 2 heterocycles. The van der Waals surface area contributed by atoms with Crippen LogP contribution < -0.4 is 5.32 Å². The standard InChI is InChI=1S/C14H8FNOS3/c15-10-4-2-1-3-9(10)11-6-5-8(19-11)7-12-13(17)16-14(18)20-12/h1-7H,(H,16,17,18)/b12-7-. The van der Waals surface area contributed by atoms with Crippen molar-refractivity contribution in [1.29, 1.82) is 0 Å². The van der Waals surface area contributed by atoms with Gasteiger partial charge in [-0.05, 0) is 24.3 Å². The Bertz CT molecular complexity index is 736. The smallest absolute Gasteiger partial charge is 0.263 e. The van der Waals surface area contributed by atoms with Crippen LogP contribution in [0.4, 0.5) is 4.39 Å². The van der Waals surface area contributed by atoms with Crippen molar-refractivity contribution in [1.82, 2.24) is 5.32 Å². The average Bonchev–Trinajstić information content (AvgIpc) is 2.98. The molecular weight excluding hydrogens is 313 g/mol. The summed E-state index contributed by atoms with van der Waals surface area (Å²) in [4.78, 5) is 13.9.